The highest BCUT2D eigenvalue weighted by molar-refractivity contribution is 5.97. The van der Waals surface area contributed by atoms with Gasteiger partial charge in [-0.15, -0.1) is 0 Å². The zero-order valence-corrected chi connectivity index (χ0v) is 11.6. The number of phenolic OH excluding ortho intramolecular Hbond substituents is 1. The molecule has 0 spiro atoms. The third-order valence-electron chi connectivity index (χ3n) is 3.42. The Morgan fingerprint density at radius 1 is 1.47 bits per heavy atom. The summed E-state index contributed by atoms with van der Waals surface area (Å²) in [7, 11) is 1.95. The van der Waals surface area contributed by atoms with Crippen LogP contribution in [-0.4, -0.2) is 37.7 Å². The zero-order valence-electron chi connectivity index (χ0n) is 11.6. The van der Waals surface area contributed by atoms with Gasteiger partial charge >= 0.3 is 0 Å². The third-order valence-corrected chi connectivity index (χ3v) is 3.42. The minimum atomic E-state index is -0.125. The molecule has 4 heteroatoms. The van der Waals surface area contributed by atoms with Gasteiger partial charge in [0.05, 0.1) is 12.2 Å². The maximum absolute atomic E-state index is 11.2. The number of ether oxygens (including phenoxy) is 1. The smallest absolute Gasteiger partial charge is 0.163 e. The molecule has 0 heterocycles. The van der Waals surface area contributed by atoms with Gasteiger partial charge in [0.2, 0.25) is 0 Å². The molecule has 0 atom stereocenters. The van der Waals surface area contributed by atoms with E-state index in [2.05, 4.69) is 0 Å². The van der Waals surface area contributed by atoms with Gasteiger partial charge < -0.3 is 14.7 Å². The average Bonchev–Trinajstić information content (AvgIpc) is 3.17. The molecule has 1 aromatic carbocycles. The van der Waals surface area contributed by atoms with Crippen molar-refractivity contribution >= 4 is 11.5 Å². The van der Waals surface area contributed by atoms with Gasteiger partial charge in [0.1, 0.15) is 5.75 Å². The van der Waals surface area contributed by atoms with Crippen LogP contribution in [0, 0.1) is 5.92 Å². The number of ketones is 1. The number of nitrogens with zero attached hydrogens (tertiary/aromatic N) is 1. The van der Waals surface area contributed by atoms with Crippen molar-refractivity contribution in [1.29, 1.82) is 0 Å². The molecule has 104 valence electrons. The molecular formula is C15H21NO3. The van der Waals surface area contributed by atoms with Crippen LogP contribution in [0.4, 0.5) is 5.69 Å². The summed E-state index contributed by atoms with van der Waals surface area (Å²) in [5.41, 5.74) is 1.25. The van der Waals surface area contributed by atoms with Crippen LogP contribution < -0.4 is 4.90 Å². The summed E-state index contributed by atoms with van der Waals surface area (Å²) in [4.78, 5) is 13.2. The first-order valence-electron chi connectivity index (χ1n) is 6.70. The maximum Gasteiger partial charge on any atom is 0.163 e. The fourth-order valence-corrected chi connectivity index (χ4v) is 1.92. The second-order valence-electron chi connectivity index (χ2n) is 5.20. The fourth-order valence-electron chi connectivity index (χ4n) is 1.92. The number of aromatic hydroxyl groups is 1. The van der Waals surface area contributed by atoms with Crippen LogP contribution in [0.5, 0.6) is 5.75 Å². The van der Waals surface area contributed by atoms with Crippen molar-refractivity contribution in [2.45, 2.75) is 19.8 Å². The summed E-state index contributed by atoms with van der Waals surface area (Å²) in [5, 5.41) is 9.78. The van der Waals surface area contributed by atoms with E-state index in [0.717, 1.165) is 24.8 Å². The minimum absolute atomic E-state index is 0.0377. The molecule has 19 heavy (non-hydrogen) atoms. The Morgan fingerprint density at radius 3 is 2.79 bits per heavy atom. The van der Waals surface area contributed by atoms with E-state index in [9.17, 15) is 9.90 Å². The van der Waals surface area contributed by atoms with Gasteiger partial charge in [-0.2, -0.15) is 0 Å². The summed E-state index contributed by atoms with van der Waals surface area (Å²) in [6.07, 6.45) is 2.60. The predicted octanol–water partition coefficient (Wildman–Crippen LogP) is 2.46. The molecule has 0 unspecified atom stereocenters. The number of rotatable bonds is 7. The lowest BCUT2D eigenvalue weighted by molar-refractivity contribution is 0.101. The van der Waals surface area contributed by atoms with E-state index in [1.165, 1.54) is 19.8 Å². The first-order valence-corrected chi connectivity index (χ1v) is 6.70. The number of carbonyl (C=O) groups is 1. The van der Waals surface area contributed by atoms with Gasteiger partial charge in [-0.1, -0.05) is 0 Å². The Kier molecular flexibility index (Phi) is 4.43. The van der Waals surface area contributed by atoms with Crippen molar-refractivity contribution in [1.82, 2.24) is 0 Å². The van der Waals surface area contributed by atoms with E-state index in [0.29, 0.717) is 12.2 Å². The lowest BCUT2D eigenvalue weighted by atomic mass is 10.1. The molecule has 1 fully saturated rings. The highest BCUT2D eigenvalue weighted by atomic mass is 16.5. The molecule has 0 saturated heterocycles. The van der Waals surface area contributed by atoms with Gasteiger partial charge in [0.25, 0.3) is 0 Å². The van der Waals surface area contributed by atoms with Gasteiger partial charge in [-0.05, 0) is 37.8 Å². The van der Waals surface area contributed by atoms with Crippen molar-refractivity contribution in [2.75, 3.05) is 31.7 Å². The van der Waals surface area contributed by atoms with E-state index >= 15 is 0 Å². The van der Waals surface area contributed by atoms with Crippen LogP contribution in [0.1, 0.15) is 30.1 Å². The SMILES string of the molecule is CC(=O)c1ccc(N(C)CCOCC2CC2)cc1O. The lowest BCUT2D eigenvalue weighted by Crippen LogP contribution is -2.23. The van der Waals surface area contributed by atoms with E-state index < -0.39 is 0 Å². The van der Waals surface area contributed by atoms with Crippen LogP contribution in [0.15, 0.2) is 18.2 Å². The van der Waals surface area contributed by atoms with Crippen LogP contribution >= 0.6 is 0 Å². The molecule has 1 aliphatic rings. The van der Waals surface area contributed by atoms with Crippen molar-refractivity contribution in [3.05, 3.63) is 23.8 Å². The largest absolute Gasteiger partial charge is 0.507 e. The van der Waals surface area contributed by atoms with Crippen molar-refractivity contribution in [2.24, 2.45) is 5.92 Å². The van der Waals surface area contributed by atoms with E-state index in [1.807, 2.05) is 18.0 Å². The Morgan fingerprint density at radius 2 is 2.21 bits per heavy atom. The number of hydrogen-bond donors (Lipinski definition) is 1. The summed E-state index contributed by atoms with van der Waals surface area (Å²) in [6.45, 7) is 3.76. The summed E-state index contributed by atoms with van der Waals surface area (Å²) in [5.74, 6) is 0.694. The topological polar surface area (TPSA) is 49.8 Å². The maximum atomic E-state index is 11.2. The molecule has 1 N–H and O–H groups in total. The van der Waals surface area contributed by atoms with Crippen molar-refractivity contribution in [3.8, 4) is 5.75 Å². The molecule has 0 bridgehead atoms. The number of likely N-dealkylation sites (N-methyl/N-ethyl adjacent to an activating group) is 1. The van der Waals surface area contributed by atoms with E-state index in [-0.39, 0.29) is 11.5 Å². The normalized spacial score (nSPS) is 14.4. The predicted molar refractivity (Wildman–Crippen MR) is 74.9 cm³/mol. The second-order valence-corrected chi connectivity index (χ2v) is 5.20. The van der Waals surface area contributed by atoms with E-state index in [4.69, 9.17) is 4.74 Å². The summed E-state index contributed by atoms with van der Waals surface area (Å²) < 4.78 is 5.58. The molecule has 2 rings (SSSR count). The minimum Gasteiger partial charge on any atom is -0.507 e. The van der Waals surface area contributed by atoms with Crippen LogP contribution in [-0.2, 0) is 4.74 Å². The van der Waals surface area contributed by atoms with Crippen molar-refractivity contribution < 1.29 is 14.6 Å². The number of benzene rings is 1. The third kappa shape index (κ3) is 3.96. The standard InChI is InChI=1S/C15H21NO3/c1-11(17)14-6-5-13(9-15(14)18)16(2)7-8-19-10-12-3-4-12/h5-6,9,12,18H,3-4,7-8,10H2,1-2H3. The molecule has 0 aliphatic heterocycles. The number of phenols is 1. The van der Waals surface area contributed by atoms with E-state index in [1.54, 1.807) is 12.1 Å². The Hall–Kier alpha value is -1.55. The Bertz CT molecular complexity index is 455. The Balaban J connectivity index is 1.85. The number of Topliss-reactive ketones (excluding diaryl/α,β-unsaturated/α-hetero) is 1. The van der Waals surface area contributed by atoms with Crippen LogP contribution in [0.2, 0.25) is 0 Å². The number of carbonyl (C=O) groups excluding carboxylic acids is 1. The molecule has 1 saturated carbocycles. The molecule has 0 radical (unpaired) electrons. The summed E-state index contributed by atoms with van der Waals surface area (Å²) >= 11 is 0. The molecule has 1 aromatic rings. The molecular weight excluding hydrogens is 242 g/mol. The van der Waals surface area contributed by atoms with Gasteiger partial charge in [-0.25, -0.2) is 0 Å². The molecule has 1 aliphatic carbocycles. The second kappa shape index (κ2) is 6.06. The first-order chi connectivity index (χ1) is 9.08. The highest BCUT2D eigenvalue weighted by Crippen LogP contribution is 2.28. The molecule has 0 amide bonds. The highest BCUT2D eigenvalue weighted by Gasteiger charge is 2.21. The molecule has 4 nitrogen and oxygen atoms in total. The number of anilines is 1. The average molecular weight is 263 g/mol. The van der Waals surface area contributed by atoms with Crippen molar-refractivity contribution in [3.63, 3.8) is 0 Å². The fraction of sp³-hybridized carbons (Fsp3) is 0.533. The summed E-state index contributed by atoms with van der Waals surface area (Å²) in [6, 6.07) is 5.13. The van der Waals surface area contributed by atoms with Gasteiger partial charge in [0, 0.05) is 32.0 Å². The number of hydrogen-bond acceptors (Lipinski definition) is 4. The lowest BCUT2D eigenvalue weighted by Gasteiger charge is -2.20. The van der Waals surface area contributed by atoms with Crippen LogP contribution in [0.3, 0.4) is 0 Å². The van der Waals surface area contributed by atoms with Crippen LogP contribution in [0.25, 0.3) is 0 Å². The Labute approximate surface area is 114 Å². The first kappa shape index (κ1) is 13.9. The zero-order chi connectivity index (χ0) is 13.8. The quantitative estimate of drug-likeness (QED) is 0.606. The van der Waals surface area contributed by atoms with Gasteiger partial charge in [0.15, 0.2) is 5.78 Å². The molecule has 0 aromatic heterocycles. The van der Waals surface area contributed by atoms with Gasteiger partial charge in [-0.3, -0.25) is 4.79 Å². The monoisotopic (exact) mass is 263 g/mol.